The predicted octanol–water partition coefficient (Wildman–Crippen LogP) is 0.369. The predicted molar refractivity (Wildman–Crippen MR) is 65.4 cm³/mol. The quantitative estimate of drug-likeness (QED) is 0.732. The van der Waals surface area contributed by atoms with Crippen LogP contribution in [0.5, 0.6) is 0 Å². The monoisotopic (exact) mass is 278 g/mol. The Morgan fingerprint density at radius 2 is 2.15 bits per heavy atom. The van der Waals surface area contributed by atoms with Gasteiger partial charge >= 0.3 is 5.97 Å². The zero-order valence-electron chi connectivity index (χ0n) is 10.2. The number of aliphatic carboxylic acids is 1. The van der Waals surface area contributed by atoms with Crippen LogP contribution in [0.15, 0.2) is 31.0 Å². The van der Waals surface area contributed by atoms with E-state index in [1.807, 2.05) is 0 Å². The van der Waals surface area contributed by atoms with Gasteiger partial charge in [-0.2, -0.15) is 0 Å². The fourth-order valence-corrected chi connectivity index (χ4v) is 1.59. The molecule has 3 N–H and O–H groups in total. The summed E-state index contributed by atoms with van der Waals surface area (Å²) in [5.41, 5.74) is 0.524. The van der Waals surface area contributed by atoms with E-state index >= 15 is 0 Å². The van der Waals surface area contributed by atoms with E-state index < -0.39 is 23.7 Å². The van der Waals surface area contributed by atoms with E-state index in [-0.39, 0.29) is 12.0 Å². The molecule has 1 atom stereocenters. The number of carbonyl (C=O) groups is 2. The Morgan fingerprint density at radius 3 is 2.75 bits per heavy atom. The first kappa shape index (κ1) is 13.7. The van der Waals surface area contributed by atoms with Crippen molar-refractivity contribution in [1.29, 1.82) is 0 Å². The standard InChI is InChI=1S/C12H11FN4O3/c13-8-1-7(3-14-4-8)11(18)17-10(12(19)20)2-9-5-15-6-16-9/h1,3-6,10H,2H2,(H,15,16)(H,17,18)(H,19,20)/t10-/m1/s1. The SMILES string of the molecule is O=C(N[C@H](Cc1cnc[nH]1)C(=O)O)c1cncc(F)c1. The number of amides is 1. The minimum absolute atomic E-state index is 0.0409. The van der Waals surface area contributed by atoms with E-state index in [1.54, 1.807) is 0 Å². The topological polar surface area (TPSA) is 108 Å². The highest BCUT2D eigenvalue weighted by atomic mass is 19.1. The molecule has 2 aromatic heterocycles. The number of rotatable bonds is 5. The number of carboxylic acid groups (broad SMARTS) is 1. The van der Waals surface area contributed by atoms with Crippen molar-refractivity contribution in [3.8, 4) is 0 Å². The molecular weight excluding hydrogens is 267 g/mol. The Balaban J connectivity index is 2.08. The molecule has 0 bridgehead atoms. The van der Waals surface area contributed by atoms with Crippen LogP contribution in [0.3, 0.4) is 0 Å². The minimum atomic E-state index is -1.20. The smallest absolute Gasteiger partial charge is 0.326 e. The Labute approximate surface area is 112 Å². The summed E-state index contributed by atoms with van der Waals surface area (Å²) < 4.78 is 13.0. The first-order valence-electron chi connectivity index (χ1n) is 5.67. The van der Waals surface area contributed by atoms with Gasteiger partial charge in [0.15, 0.2) is 0 Å². The van der Waals surface area contributed by atoms with E-state index in [2.05, 4.69) is 20.3 Å². The van der Waals surface area contributed by atoms with Gasteiger partial charge in [-0.25, -0.2) is 14.2 Å². The van der Waals surface area contributed by atoms with Gasteiger partial charge < -0.3 is 15.4 Å². The molecule has 7 nitrogen and oxygen atoms in total. The van der Waals surface area contributed by atoms with E-state index in [0.717, 1.165) is 18.5 Å². The highest BCUT2D eigenvalue weighted by molar-refractivity contribution is 5.96. The highest BCUT2D eigenvalue weighted by Crippen LogP contribution is 2.04. The molecule has 0 saturated carbocycles. The normalized spacial score (nSPS) is 11.8. The zero-order valence-corrected chi connectivity index (χ0v) is 10.2. The number of halogens is 1. The summed E-state index contributed by atoms with van der Waals surface area (Å²) in [5, 5.41) is 11.4. The van der Waals surface area contributed by atoms with Gasteiger partial charge in [0.1, 0.15) is 11.9 Å². The summed E-state index contributed by atoms with van der Waals surface area (Å²) in [6.45, 7) is 0. The summed E-state index contributed by atoms with van der Waals surface area (Å²) in [5.74, 6) is -2.57. The van der Waals surface area contributed by atoms with Gasteiger partial charge in [0, 0.05) is 24.5 Å². The summed E-state index contributed by atoms with van der Waals surface area (Å²) >= 11 is 0. The van der Waals surface area contributed by atoms with Crippen LogP contribution >= 0.6 is 0 Å². The third kappa shape index (κ3) is 3.37. The van der Waals surface area contributed by atoms with Crippen LogP contribution in [0.4, 0.5) is 4.39 Å². The minimum Gasteiger partial charge on any atom is -0.480 e. The van der Waals surface area contributed by atoms with Gasteiger partial charge in [0.2, 0.25) is 0 Å². The molecule has 0 spiro atoms. The molecule has 0 aliphatic rings. The van der Waals surface area contributed by atoms with Crippen LogP contribution in [0, 0.1) is 5.82 Å². The maximum Gasteiger partial charge on any atom is 0.326 e. The highest BCUT2D eigenvalue weighted by Gasteiger charge is 2.22. The molecule has 0 aliphatic heterocycles. The number of carbonyl (C=O) groups excluding carboxylic acids is 1. The second kappa shape index (κ2) is 5.91. The van der Waals surface area contributed by atoms with Crippen molar-refractivity contribution in [2.24, 2.45) is 0 Å². The molecule has 0 aromatic carbocycles. The third-order valence-corrected chi connectivity index (χ3v) is 2.55. The summed E-state index contributed by atoms with van der Waals surface area (Å²) in [7, 11) is 0. The summed E-state index contributed by atoms with van der Waals surface area (Å²) in [6.07, 6.45) is 5.03. The lowest BCUT2D eigenvalue weighted by molar-refractivity contribution is -0.139. The number of imidazole rings is 1. The van der Waals surface area contributed by atoms with Crippen LogP contribution < -0.4 is 5.32 Å². The fraction of sp³-hybridized carbons (Fsp3) is 0.167. The number of aromatic nitrogens is 3. The van der Waals surface area contributed by atoms with Crippen LogP contribution in [-0.2, 0) is 11.2 Å². The van der Waals surface area contributed by atoms with Crippen molar-refractivity contribution in [1.82, 2.24) is 20.3 Å². The number of nitrogens with zero attached hydrogens (tertiary/aromatic N) is 2. The number of hydrogen-bond acceptors (Lipinski definition) is 4. The molecule has 0 aliphatic carbocycles. The van der Waals surface area contributed by atoms with Crippen molar-refractivity contribution in [2.75, 3.05) is 0 Å². The zero-order chi connectivity index (χ0) is 14.5. The van der Waals surface area contributed by atoms with Gasteiger partial charge in [-0.1, -0.05) is 0 Å². The molecule has 8 heteroatoms. The fourth-order valence-electron chi connectivity index (χ4n) is 1.59. The van der Waals surface area contributed by atoms with Crippen LogP contribution in [0.1, 0.15) is 16.1 Å². The summed E-state index contributed by atoms with van der Waals surface area (Å²) in [4.78, 5) is 33.0. The molecule has 2 heterocycles. The molecule has 2 rings (SSSR count). The van der Waals surface area contributed by atoms with Crippen LogP contribution in [-0.4, -0.2) is 38.0 Å². The Hall–Kier alpha value is -2.77. The second-order valence-electron chi connectivity index (χ2n) is 4.04. The Morgan fingerprint density at radius 1 is 1.35 bits per heavy atom. The van der Waals surface area contributed by atoms with Gasteiger partial charge in [0.05, 0.1) is 18.1 Å². The van der Waals surface area contributed by atoms with Gasteiger partial charge in [-0.05, 0) is 6.07 Å². The lowest BCUT2D eigenvalue weighted by Crippen LogP contribution is -2.42. The molecule has 20 heavy (non-hydrogen) atoms. The number of hydrogen-bond donors (Lipinski definition) is 3. The summed E-state index contributed by atoms with van der Waals surface area (Å²) in [6, 6.07) is -0.163. The largest absolute Gasteiger partial charge is 0.480 e. The average molecular weight is 278 g/mol. The maximum absolute atomic E-state index is 13.0. The van der Waals surface area contributed by atoms with Gasteiger partial charge in [-0.3, -0.25) is 9.78 Å². The molecule has 104 valence electrons. The number of carboxylic acids is 1. The molecule has 0 radical (unpaired) electrons. The number of nitrogens with one attached hydrogen (secondary N) is 2. The Kier molecular flexibility index (Phi) is 4.04. The van der Waals surface area contributed by atoms with Crippen LogP contribution in [0.25, 0.3) is 0 Å². The number of H-pyrrole nitrogens is 1. The molecular formula is C12H11FN4O3. The van der Waals surface area contributed by atoms with Crippen molar-refractivity contribution in [2.45, 2.75) is 12.5 Å². The lowest BCUT2D eigenvalue weighted by atomic mass is 10.1. The van der Waals surface area contributed by atoms with Crippen molar-refractivity contribution >= 4 is 11.9 Å². The maximum atomic E-state index is 13.0. The molecule has 1 amide bonds. The molecule has 0 unspecified atom stereocenters. The number of aromatic amines is 1. The number of pyridine rings is 1. The second-order valence-corrected chi connectivity index (χ2v) is 4.04. The van der Waals surface area contributed by atoms with E-state index in [9.17, 15) is 14.0 Å². The van der Waals surface area contributed by atoms with Crippen molar-refractivity contribution < 1.29 is 19.1 Å². The van der Waals surface area contributed by atoms with E-state index in [0.29, 0.717) is 5.69 Å². The van der Waals surface area contributed by atoms with Crippen molar-refractivity contribution in [3.63, 3.8) is 0 Å². The molecule has 0 fully saturated rings. The lowest BCUT2D eigenvalue weighted by Gasteiger charge is -2.13. The van der Waals surface area contributed by atoms with Gasteiger partial charge in [-0.15, -0.1) is 0 Å². The van der Waals surface area contributed by atoms with Crippen LogP contribution in [0.2, 0.25) is 0 Å². The average Bonchev–Trinajstić information content (AvgIpc) is 2.90. The van der Waals surface area contributed by atoms with Crippen molar-refractivity contribution in [3.05, 3.63) is 48.1 Å². The van der Waals surface area contributed by atoms with E-state index in [1.165, 1.54) is 12.5 Å². The Bertz CT molecular complexity index is 615. The molecule has 2 aromatic rings. The first-order valence-corrected chi connectivity index (χ1v) is 5.67. The first-order chi connectivity index (χ1) is 9.56. The van der Waals surface area contributed by atoms with Gasteiger partial charge in [0.25, 0.3) is 5.91 Å². The van der Waals surface area contributed by atoms with E-state index in [4.69, 9.17) is 5.11 Å². The third-order valence-electron chi connectivity index (χ3n) is 2.55. The molecule has 0 saturated heterocycles.